The number of hydrogen-bond acceptors (Lipinski definition) is 4. The molecule has 108 valence electrons. The van der Waals surface area contributed by atoms with Gasteiger partial charge in [-0.15, -0.1) is 0 Å². The fraction of sp³-hybridized carbons (Fsp3) is 0.571. The van der Waals surface area contributed by atoms with Gasteiger partial charge >= 0.3 is 19.5 Å². The van der Waals surface area contributed by atoms with Gasteiger partial charge < -0.3 is 21.7 Å². The van der Waals surface area contributed by atoms with Crippen LogP contribution in [-0.4, -0.2) is 0 Å². The van der Waals surface area contributed by atoms with E-state index < -0.39 is 5.69 Å². The summed E-state index contributed by atoms with van der Waals surface area (Å²) in [5, 5.41) is 0. The van der Waals surface area contributed by atoms with Gasteiger partial charge in [0.25, 0.3) is 0 Å². The zero-order valence-corrected chi connectivity index (χ0v) is 17.5. The Kier molecular flexibility index (Phi) is 11.5. The fourth-order valence-electron chi connectivity index (χ4n) is 2.02. The molecule has 0 aromatic heterocycles. The van der Waals surface area contributed by atoms with Crippen LogP contribution in [0.3, 0.4) is 0 Å². The monoisotopic (exact) mass is 380 g/mol. The minimum absolute atomic E-state index is 0. The maximum absolute atomic E-state index is 11.4. The topological polar surface area (TPSA) is 32.3 Å². The standard InChI is InChI=1S/C14H23O2PS2.Zn/c1-2-3-4-5-6-7-10-13-11-8-9-12-14(13)16-17(15,18)19;/h8-9,11-12H,2-7,10H2,1H3,(H2,15,18,19);/q;+2/p-2. The molecule has 1 aromatic rings. The van der Waals surface area contributed by atoms with Crippen molar-refractivity contribution in [3.8, 4) is 5.75 Å². The van der Waals surface area contributed by atoms with Gasteiger partial charge in [-0.25, -0.2) is 0 Å². The molecule has 0 heterocycles. The largest absolute Gasteiger partial charge is 2.00 e. The summed E-state index contributed by atoms with van der Waals surface area (Å²) in [5.74, 6) is 0.587. The Labute approximate surface area is 145 Å². The van der Waals surface area contributed by atoms with Crippen LogP contribution >= 0.6 is 5.69 Å². The maximum Gasteiger partial charge on any atom is 2.00 e. The summed E-state index contributed by atoms with van der Waals surface area (Å²) < 4.78 is 5.21. The van der Waals surface area contributed by atoms with Gasteiger partial charge in [0, 0.05) is 0 Å². The third-order valence-corrected chi connectivity index (χ3v) is 3.85. The molecule has 1 unspecified atom stereocenters. The average Bonchev–Trinajstić information content (AvgIpc) is 2.33. The molecule has 0 aliphatic heterocycles. The van der Waals surface area contributed by atoms with E-state index in [0.29, 0.717) is 5.75 Å². The maximum atomic E-state index is 11.4. The molecule has 1 aromatic carbocycles. The molecular formula is C14H21O2PS2Zn. The summed E-state index contributed by atoms with van der Waals surface area (Å²) in [6.45, 7) is 2.22. The number of para-hydroxylation sites is 1. The van der Waals surface area contributed by atoms with Crippen LogP contribution in [0.4, 0.5) is 0 Å². The third kappa shape index (κ3) is 9.52. The third-order valence-electron chi connectivity index (χ3n) is 2.98. The van der Waals surface area contributed by atoms with Gasteiger partial charge in [-0.1, -0.05) is 74.7 Å². The van der Waals surface area contributed by atoms with E-state index >= 15 is 0 Å². The smallest absolute Gasteiger partial charge is 0.809 e. The molecule has 0 amide bonds. The predicted octanol–water partition coefficient (Wildman–Crippen LogP) is 4.10. The first-order chi connectivity index (χ1) is 9.03. The number of hydrogen-bond donors (Lipinski definition) is 0. The van der Waals surface area contributed by atoms with Crippen molar-refractivity contribution in [3.05, 3.63) is 29.8 Å². The van der Waals surface area contributed by atoms with Crippen molar-refractivity contribution in [2.24, 2.45) is 0 Å². The molecule has 0 saturated heterocycles. The van der Waals surface area contributed by atoms with Crippen LogP contribution < -0.4 is 9.42 Å². The quantitative estimate of drug-likeness (QED) is 0.279. The van der Waals surface area contributed by atoms with Gasteiger partial charge in [-0.3, -0.25) is 0 Å². The van der Waals surface area contributed by atoms with Gasteiger partial charge in [-0.05, 0) is 24.5 Å². The van der Waals surface area contributed by atoms with E-state index in [-0.39, 0.29) is 19.5 Å². The Morgan fingerprint density at radius 3 is 2.40 bits per heavy atom. The normalized spacial score (nSPS) is 13.3. The van der Waals surface area contributed by atoms with Crippen LogP contribution in [0.15, 0.2) is 24.3 Å². The molecule has 0 fully saturated rings. The van der Waals surface area contributed by atoms with Crippen molar-refractivity contribution in [2.75, 3.05) is 0 Å². The summed E-state index contributed by atoms with van der Waals surface area (Å²) in [6.07, 6.45) is 8.42. The summed E-state index contributed by atoms with van der Waals surface area (Å²) in [4.78, 5) is 11.4. The minimum Gasteiger partial charge on any atom is -0.809 e. The van der Waals surface area contributed by atoms with Crippen LogP contribution in [0.25, 0.3) is 0 Å². The summed E-state index contributed by atoms with van der Waals surface area (Å²) in [6, 6.07) is 7.58. The minimum atomic E-state index is -3.30. The van der Waals surface area contributed by atoms with Gasteiger partial charge in [0.05, 0.1) is 0 Å². The number of aryl methyl sites for hydroxylation is 1. The second kappa shape index (κ2) is 11.2. The summed E-state index contributed by atoms with van der Waals surface area (Å²) in [7, 11) is 0. The Hall–Kier alpha value is 0.603. The second-order valence-corrected chi connectivity index (χ2v) is 9.32. The van der Waals surface area contributed by atoms with E-state index in [1.54, 1.807) is 6.07 Å². The molecule has 0 radical (unpaired) electrons. The van der Waals surface area contributed by atoms with Crippen molar-refractivity contribution < 1.29 is 28.9 Å². The molecule has 0 aliphatic carbocycles. The Balaban J connectivity index is 0.00000361. The zero-order chi connectivity index (χ0) is 14.1. The Morgan fingerprint density at radius 2 is 1.75 bits per heavy atom. The molecule has 20 heavy (non-hydrogen) atoms. The summed E-state index contributed by atoms with van der Waals surface area (Å²) in [5.41, 5.74) is -2.25. The number of unbranched alkanes of at least 4 members (excludes halogenated alkanes) is 5. The van der Waals surface area contributed by atoms with E-state index in [9.17, 15) is 4.89 Å². The van der Waals surface area contributed by atoms with E-state index in [4.69, 9.17) is 4.52 Å². The second-order valence-electron chi connectivity index (χ2n) is 4.66. The predicted molar refractivity (Wildman–Crippen MR) is 85.8 cm³/mol. The van der Waals surface area contributed by atoms with Crippen molar-refractivity contribution in [1.29, 1.82) is 0 Å². The zero-order valence-electron chi connectivity index (χ0n) is 12.0. The average molecular weight is 382 g/mol. The molecular weight excluding hydrogens is 361 g/mol. The van der Waals surface area contributed by atoms with Crippen molar-refractivity contribution in [2.45, 2.75) is 51.9 Å². The molecule has 2 nitrogen and oxygen atoms in total. The van der Waals surface area contributed by atoms with Crippen LogP contribution in [0.2, 0.25) is 0 Å². The van der Waals surface area contributed by atoms with Crippen LogP contribution in [0.1, 0.15) is 51.0 Å². The van der Waals surface area contributed by atoms with Crippen LogP contribution in [0, 0.1) is 0 Å². The first kappa shape index (κ1) is 20.6. The van der Waals surface area contributed by atoms with E-state index in [0.717, 1.165) is 18.4 Å². The summed E-state index contributed by atoms with van der Waals surface area (Å²) >= 11 is 9.32. The van der Waals surface area contributed by atoms with Gasteiger partial charge in [0.2, 0.25) is 0 Å². The molecule has 0 N–H and O–H groups in total. The van der Waals surface area contributed by atoms with Crippen LogP contribution in [0.5, 0.6) is 5.75 Å². The molecule has 1 atom stereocenters. The molecule has 1 rings (SSSR count). The van der Waals surface area contributed by atoms with E-state index in [1.165, 1.54) is 32.1 Å². The first-order valence-corrected chi connectivity index (χ1v) is 10.5. The SMILES string of the molecule is CCCCCCCCc1ccccc1OP([O-])(=S)[S-].[Zn+2]. The van der Waals surface area contributed by atoms with Crippen molar-refractivity contribution >= 4 is 29.7 Å². The van der Waals surface area contributed by atoms with E-state index in [2.05, 4.69) is 31.0 Å². The Bertz CT molecular complexity index is 423. The number of benzene rings is 1. The van der Waals surface area contributed by atoms with E-state index in [1.807, 2.05) is 18.2 Å². The molecule has 0 spiro atoms. The van der Waals surface area contributed by atoms with Crippen LogP contribution in [-0.2, 0) is 50.0 Å². The van der Waals surface area contributed by atoms with Crippen molar-refractivity contribution in [1.82, 2.24) is 0 Å². The molecule has 0 aliphatic rings. The number of rotatable bonds is 9. The fourth-order valence-corrected chi connectivity index (χ4v) is 2.92. The molecule has 6 heteroatoms. The first-order valence-electron chi connectivity index (χ1n) is 6.82. The molecule has 0 bridgehead atoms. The van der Waals surface area contributed by atoms with Gasteiger partial charge in [0.1, 0.15) is 5.75 Å². The van der Waals surface area contributed by atoms with Gasteiger partial charge in [0.15, 0.2) is 0 Å². The molecule has 0 saturated carbocycles. The van der Waals surface area contributed by atoms with Crippen molar-refractivity contribution in [3.63, 3.8) is 0 Å². The Morgan fingerprint density at radius 1 is 1.15 bits per heavy atom. The van der Waals surface area contributed by atoms with Gasteiger partial charge in [-0.2, -0.15) is 0 Å².